The number of Topliss-reactive ketones (excluding diaryl/α,β-unsaturated/α-hetero) is 1. The zero-order chi connectivity index (χ0) is 15.2. The number of phenols is 1. The zero-order valence-electron chi connectivity index (χ0n) is 12.0. The largest absolute Gasteiger partial charge is 0.504 e. The van der Waals surface area contributed by atoms with E-state index in [4.69, 9.17) is 4.74 Å². The average molecular weight is 283 g/mol. The maximum absolute atomic E-state index is 11.2. The molecule has 0 radical (unpaired) electrons. The van der Waals surface area contributed by atoms with Crippen molar-refractivity contribution in [1.82, 2.24) is 0 Å². The Morgan fingerprint density at radius 2 is 1.95 bits per heavy atom. The van der Waals surface area contributed by atoms with Gasteiger partial charge in [-0.2, -0.15) is 0 Å². The van der Waals surface area contributed by atoms with Crippen LogP contribution in [0.2, 0.25) is 0 Å². The number of benzene rings is 2. The highest BCUT2D eigenvalue weighted by atomic mass is 16.5. The number of aromatic hydroxyl groups is 1. The first-order valence-corrected chi connectivity index (χ1v) is 6.71. The maximum Gasteiger partial charge on any atom is 0.166 e. The van der Waals surface area contributed by atoms with E-state index in [0.29, 0.717) is 29.2 Å². The van der Waals surface area contributed by atoms with Crippen molar-refractivity contribution < 1.29 is 14.6 Å². The monoisotopic (exact) mass is 283 g/mol. The normalized spacial score (nSPS) is 10.8. The van der Waals surface area contributed by atoms with Crippen LogP contribution in [-0.2, 0) is 0 Å². The van der Waals surface area contributed by atoms with Crippen LogP contribution in [0.5, 0.6) is 11.5 Å². The number of carbonyl (C=O) groups excluding carboxylic acids is 1. The van der Waals surface area contributed by atoms with Gasteiger partial charge in [0.05, 0.1) is 12.3 Å². The van der Waals surface area contributed by atoms with Gasteiger partial charge in [-0.15, -0.1) is 0 Å². The molecule has 0 aliphatic rings. The number of phenolic OH excluding ortho intramolecular Hbond substituents is 1. The molecule has 0 heterocycles. The maximum atomic E-state index is 11.2. The SMILES string of the molecule is CCOc1cccc(C=Nc2ccc(C(C)=O)cc2)c1O. The van der Waals surface area contributed by atoms with Crippen LogP contribution >= 0.6 is 0 Å². The molecular formula is C17H17NO3. The smallest absolute Gasteiger partial charge is 0.166 e. The molecule has 108 valence electrons. The molecule has 0 amide bonds. The first-order valence-electron chi connectivity index (χ1n) is 6.71. The first-order chi connectivity index (χ1) is 10.1. The van der Waals surface area contributed by atoms with E-state index in [1.54, 1.807) is 48.7 Å². The number of para-hydroxylation sites is 1. The van der Waals surface area contributed by atoms with Crippen LogP contribution in [0.15, 0.2) is 47.5 Å². The lowest BCUT2D eigenvalue weighted by atomic mass is 10.1. The summed E-state index contributed by atoms with van der Waals surface area (Å²) >= 11 is 0. The highest BCUT2D eigenvalue weighted by Crippen LogP contribution is 2.29. The van der Waals surface area contributed by atoms with Gasteiger partial charge in [-0.25, -0.2) is 0 Å². The third-order valence-electron chi connectivity index (χ3n) is 2.96. The molecule has 1 N–H and O–H groups in total. The highest BCUT2D eigenvalue weighted by molar-refractivity contribution is 5.94. The summed E-state index contributed by atoms with van der Waals surface area (Å²) in [5.41, 5.74) is 1.94. The molecule has 2 rings (SSSR count). The number of rotatable bonds is 5. The van der Waals surface area contributed by atoms with Crippen molar-refractivity contribution in [1.29, 1.82) is 0 Å². The minimum absolute atomic E-state index is 0.0209. The molecule has 2 aromatic rings. The second-order valence-electron chi connectivity index (χ2n) is 4.49. The van der Waals surface area contributed by atoms with Gasteiger partial charge in [-0.05, 0) is 50.2 Å². The summed E-state index contributed by atoms with van der Waals surface area (Å²) in [6, 6.07) is 12.2. The predicted molar refractivity (Wildman–Crippen MR) is 83.0 cm³/mol. The average Bonchev–Trinajstić information content (AvgIpc) is 2.49. The van der Waals surface area contributed by atoms with Gasteiger partial charge in [-0.1, -0.05) is 6.07 Å². The molecule has 0 aliphatic heterocycles. The van der Waals surface area contributed by atoms with Gasteiger partial charge in [0.15, 0.2) is 17.3 Å². The number of ketones is 1. The lowest BCUT2D eigenvalue weighted by Crippen LogP contribution is -1.93. The number of carbonyl (C=O) groups is 1. The van der Waals surface area contributed by atoms with E-state index in [2.05, 4.69) is 4.99 Å². The summed E-state index contributed by atoms with van der Waals surface area (Å²) in [6.45, 7) is 3.87. The van der Waals surface area contributed by atoms with Crippen LogP contribution in [0, 0.1) is 0 Å². The summed E-state index contributed by atoms with van der Waals surface area (Å²) in [7, 11) is 0. The van der Waals surface area contributed by atoms with Crippen LogP contribution in [0.1, 0.15) is 29.8 Å². The summed E-state index contributed by atoms with van der Waals surface area (Å²) in [5, 5.41) is 10.1. The summed E-state index contributed by atoms with van der Waals surface area (Å²) in [5.74, 6) is 0.532. The fourth-order valence-electron chi connectivity index (χ4n) is 1.84. The van der Waals surface area contributed by atoms with Crippen LogP contribution < -0.4 is 4.74 Å². The van der Waals surface area contributed by atoms with Crippen molar-refractivity contribution in [2.45, 2.75) is 13.8 Å². The summed E-state index contributed by atoms with van der Waals surface area (Å²) < 4.78 is 5.32. The Morgan fingerprint density at radius 1 is 1.24 bits per heavy atom. The van der Waals surface area contributed by atoms with Gasteiger partial charge in [-0.3, -0.25) is 9.79 Å². The van der Waals surface area contributed by atoms with Gasteiger partial charge in [0, 0.05) is 17.3 Å². The van der Waals surface area contributed by atoms with E-state index in [1.165, 1.54) is 6.92 Å². The zero-order valence-corrected chi connectivity index (χ0v) is 12.0. The molecule has 0 aliphatic carbocycles. The second-order valence-corrected chi connectivity index (χ2v) is 4.49. The second kappa shape index (κ2) is 6.70. The Kier molecular flexibility index (Phi) is 4.72. The van der Waals surface area contributed by atoms with E-state index in [0.717, 1.165) is 0 Å². The van der Waals surface area contributed by atoms with E-state index in [-0.39, 0.29) is 11.5 Å². The van der Waals surface area contributed by atoms with E-state index < -0.39 is 0 Å². The summed E-state index contributed by atoms with van der Waals surface area (Å²) in [6.07, 6.45) is 1.57. The summed E-state index contributed by atoms with van der Waals surface area (Å²) in [4.78, 5) is 15.5. The van der Waals surface area contributed by atoms with Crippen molar-refractivity contribution in [3.63, 3.8) is 0 Å². The lowest BCUT2D eigenvalue weighted by molar-refractivity contribution is 0.101. The molecule has 0 saturated carbocycles. The third-order valence-corrected chi connectivity index (χ3v) is 2.96. The van der Waals surface area contributed by atoms with Crippen LogP contribution in [0.25, 0.3) is 0 Å². The Hall–Kier alpha value is -2.62. The fraction of sp³-hybridized carbons (Fsp3) is 0.176. The van der Waals surface area contributed by atoms with Crippen molar-refractivity contribution >= 4 is 17.7 Å². The standard InChI is InChI=1S/C17H17NO3/c1-3-21-16-6-4-5-14(17(16)20)11-18-15-9-7-13(8-10-15)12(2)19/h4-11,20H,3H2,1-2H3. The first kappa shape index (κ1) is 14.8. The number of nitrogens with zero attached hydrogens (tertiary/aromatic N) is 1. The molecule has 21 heavy (non-hydrogen) atoms. The Labute approximate surface area is 123 Å². The van der Waals surface area contributed by atoms with Gasteiger partial charge < -0.3 is 9.84 Å². The van der Waals surface area contributed by atoms with E-state index in [1.807, 2.05) is 6.92 Å². The molecule has 0 bridgehead atoms. The number of ether oxygens (including phenoxy) is 1. The predicted octanol–water partition coefficient (Wildman–Crippen LogP) is 3.74. The molecule has 0 unspecified atom stereocenters. The molecule has 0 saturated heterocycles. The molecule has 4 nitrogen and oxygen atoms in total. The van der Waals surface area contributed by atoms with Gasteiger partial charge in [0.2, 0.25) is 0 Å². The Bertz CT molecular complexity index is 660. The third kappa shape index (κ3) is 3.69. The fourth-order valence-corrected chi connectivity index (χ4v) is 1.84. The molecule has 0 aromatic heterocycles. The van der Waals surface area contributed by atoms with Crippen molar-refractivity contribution in [3.05, 3.63) is 53.6 Å². The van der Waals surface area contributed by atoms with Gasteiger partial charge >= 0.3 is 0 Å². The topological polar surface area (TPSA) is 58.9 Å². The quantitative estimate of drug-likeness (QED) is 0.671. The van der Waals surface area contributed by atoms with Crippen molar-refractivity contribution in [3.8, 4) is 11.5 Å². The molecular weight excluding hydrogens is 266 g/mol. The number of aliphatic imine (C=N–C) groups is 1. The van der Waals surface area contributed by atoms with Crippen LogP contribution in [0.3, 0.4) is 0 Å². The van der Waals surface area contributed by atoms with Crippen LogP contribution in [0.4, 0.5) is 5.69 Å². The molecule has 4 heteroatoms. The Balaban J connectivity index is 2.21. The van der Waals surface area contributed by atoms with Crippen molar-refractivity contribution in [2.75, 3.05) is 6.61 Å². The van der Waals surface area contributed by atoms with E-state index in [9.17, 15) is 9.90 Å². The minimum Gasteiger partial charge on any atom is -0.504 e. The molecule has 0 fully saturated rings. The van der Waals surface area contributed by atoms with Gasteiger partial charge in [0.25, 0.3) is 0 Å². The van der Waals surface area contributed by atoms with Gasteiger partial charge in [0.1, 0.15) is 0 Å². The number of hydrogen-bond donors (Lipinski definition) is 1. The number of hydrogen-bond acceptors (Lipinski definition) is 4. The van der Waals surface area contributed by atoms with Crippen molar-refractivity contribution in [2.24, 2.45) is 4.99 Å². The molecule has 2 aromatic carbocycles. The van der Waals surface area contributed by atoms with E-state index >= 15 is 0 Å². The van der Waals surface area contributed by atoms with Crippen LogP contribution in [-0.4, -0.2) is 23.7 Å². The Morgan fingerprint density at radius 3 is 2.57 bits per heavy atom. The highest BCUT2D eigenvalue weighted by Gasteiger charge is 2.05. The minimum atomic E-state index is 0.0209. The molecule has 0 spiro atoms. The lowest BCUT2D eigenvalue weighted by Gasteiger charge is -2.07. The molecule has 0 atom stereocenters.